The van der Waals surface area contributed by atoms with Gasteiger partial charge >= 0.3 is 6.18 Å². The van der Waals surface area contributed by atoms with Crippen LogP contribution in [-0.2, 0) is 19.1 Å². The van der Waals surface area contributed by atoms with Gasteiger partial charge in [0, 0.05) is 12.5 Å². The minimum Gasteiger partial charge on any atom is -0.481 e. The van der Waals surface area contributed by atoms with Gasteiger partial charge in [-0.1, -0.05) is 25.1 Å². The van der Waals surface area contributed by atoms with E-state index in [1.165, 1.54) is 29.9 Å². The number of aryl methyl sites for hydroxylation is 2. The molecule has 0 aliphatic carbocycles. The number of imidazole rings is 1. The topological polar surface area (TPSA) is 61.4 Å². The lowest BCUT2D eigenvalue weighted by Gasteiger charge is -2.17. The first kappa shape index (κ1) is 19.9. The summed E-state index contributed by atoms with van der Waals surface area (Å²) in [6.45, 7) is 3.36. The lowest BCUT2D eigenvalue weighted by molar-refractivity contribution is -0.138. The largest absolute Gasteiger partial charge is 0.481 e. The van der Waals surface area contributed by atoms with Gasteiger partial charge < -0.3 is 4.74 Å². The Balaban J connectivity index is 2.07. The number of rotatable bonds is 4. The average Bonchev–Trinajstić information content (AvgIpc) is 3.07. The summed E-state index contributed by atoms with van der Waals surface area (Å²) in [5.41, 5.74) is 0.414. The number of aromatic nitrogens is 4. The molecule has 0 aliphatic rings. The Kier molecular flexibility index (Phi) is 4.76. The van der Waals surface area contributed by atoms with Gasteiger partial charge in [-0.05, 0) is 24.6 Å². The second-order valence-electron chi connectivity index (χ2n) is 6.89. The molecule has 0 bridgehead atoms. The van der Waals surface area contributed by atoms with E-state index in [0.717, 1.165) is 6.07 Å². The Morgan fingerprint density at radius 1 is 1.10 bits per heavy atom. The van der Waals surface area contributed by atoms with E-state index in [2.05, 4.69) is 9.97 Å². The molecule has 0 saturated heterocycles. The van der Waals surface area contributed by atoms with E-state index in [9.17, 15) is 18.0 Å². The quantitative estimate of drug-likeness (QED) is 0.505. The van der Waals surface area contributed by atoms with Crippen molar-refractivity contribution in [3.05, 3.63) is 69.4 Å². The van der Waals surface area contributed by atoms with Crippen molar-refractivity contribution in [1.82, 2.24) is 18.9 Å². The van der Waals surface area contributed by atoms with Crippen LogP contribution in [0.3, 0.4) is 0 Å². The highest BCUT2D eigenvalue weighted by atomic mass is 19.4. The molecule has 0 radical (unpaired) electrons. The van der Waals surface area contributed by atoms with Crippen molar-refractivity contribution in [2.24, 2.45) is 0 Å². The number of alkyl halides is 3. The third kappa shape index (κ3) is 3.10. The molecule has 0 atom stereocenters. The molecule has 0 aliphatic heterocycles. The Hall–Kier alpha value is -3.36. The molecule has 30 heavy (non-hydrogen) atoms. The first-order chi connectivity index (χ1) is 14.3. The van der Waals surface area contributed by atoms with Gasteiger partial charge in [0.15, 0.2) is 5.65 Å². The van der Waals surface area contributed by atoms with Crippen molar-refractivity contribution >= 4 is 16.7 Å². The van der Waals surface area contributed by atoms with Gasteiger partial charge in [-0.3, -0.25) is 13.8 Å². The second kappa shape index (κ2) is 7.16. The van der Waals surface area contributed by atoms with Gasteiger partial charge in [0.05, 0.1) is 30.4 Å². The first-order valence-corrected chi connectivity index (χ1v) is 9.36. The summed E-state index contributed by atoms with van der Waals surface area (Å²) in [6, 6.07) is 8.46. The zero-order chi connectivity index (χ0) is 21.6. The van der Waals surface area contributed by atoms with Gasteiger partial charge in [0.25, 0.3) is 5.56 Å². The minimum absolute atomic E-state index is 0.00134. The Morgan fingerprint density at radius 3 is 2.50 bits per heavy atom. The highest BCUT2D eigenvalue weighted by Gasteiger charge is 2.33. The molecule has 4 rings (SSSR count). The third-order valence-electron chi connectivity index (χ3n) is 5.08. The molecule has 9 heteroatoms. The van der Waals surface area contributed by atoms with E-state index in [1.54, 1.807) is 23.5 Å². The van der Waals surface area contributed by atoms with Crippen molar-refractivity contribution in [2.75, 3.05) is 7.11 Å². The molecule has 156 valence electrons. The van der Waals surface area contributed by atoms with Crippen molar-refractivity contribution < 1.29 is 17.9 Å². The van der Waals surface area contributed by atoms with Crippen molar-refractivity contribution in [2.45, 2.75) is 33.0 Å². The Bertz CT molecular complexity index is 1320. The standard InChI is InChI=1S/C21H19F3N4O2/c1-4-16-25-12(2)18-20(29)27(11-13-7-5-6-8-14(13)21(22,23)24)15-9-10-17(30-3)26-19(15)28(16)18/h5-10H,4,11H2,1-3H3. The molecule has 6 nitrogen and oxygen atoms in total. The van der Waals surface area contributed by atoms with Gasteiger partial charge in [0.2, 0.25) is 5.88 Å². The number of ether oxygens (including phenoxy) is 1. The fourth-order valence-corrected chi connectivity index (χ4v) is 3.71. The van der Waals surface area contributed by atoms with E-state index in [-0.39, 0.29) is 12.1 Å². The molecular weight excluding hydrogens is 397 g/mol. The number of pyridine rings is 1. The smallest absolute Gasteiger partial charge is 0.416 e. The fourth-order valence-electron chi connectivity index (χ4n) is 3.71. The zero-order valence-corrected chi connectivity index (χ0v) is 16.6. The molecule has 0 fully saturated rings. The van der Waals surface area contributed by atoms with Crippen LogP contribution in [0.15, 0.2) is 41.2 Å². The van der Waals surface area contributed by atoms with Gasteiger partial charge in [-0.25, -0.2) is 4.98 Å². The van der Waals surface area contributed by atoms with Crippen molar-refractivity contribution in [1.29, 1.82) is 0 Å². The molecule has 3 aromatic heterocycles. The minimum atomic E-state index is -4.52. The maximum absolute atomic E-state index is 13.5. The number of hydrogen-bond donors (Lipinski definition) is 0. The van der Waals surface area contributed by atoms with Crippen LogP contribution in [0.4, 0.5) is 13.2 Å². The third-order valence-corrected chi connectivity index (χ3v) is 5.08. The summed E-state index contributed by atoms with van der Waals surface area (Å²) >= 11 is 0. The number of benzene rings is 1. The summed E-state index contributed by atoms with van der Waals surface area (Å²) in [5.74, 6) is 0.978. The predicted molar refractivity (Wildman–Crippen MR) is 106 cm³/mol. The molecule has 0 N–H and O–H groups in total. The molecule has 0 spiro atoms. The van der Waals surface area contributed by atoms with Crippen LogP contribution in [0.1, 0.15) is 29.6 Å². The van der Waals surface area contributed by atoms with Crippen LogP contribution >= 0.6 is 0 Å². The highest BCUT2D eigenvalue weighted by molar-refractivity contribution is 5.77. The number of hydrogen-bond acceptors (Lipinski definition) is 4. The van der Waals surface area contributed by atoms with Gasteiger partial charge in [-0.2, -0.15) is 18.2 Å². The Labute approximate surface area is 169 Å². The van der Waals surface area contributed by atoms with E-state index >= 15 is 0 Å². The average molecular weight is 416 g/mol. The molecule has 3 heterocycles. The summed E-state index contributed by atoms with van der Waals surface area (Å²) in [6.07, 6.45) is -3.97. The predicted octanol–water partition coefficient (Wildman–Crippen LogP) is 3.99. The normalized spacial score (nSPS) is 12.1. The van der Waals surface area contributed by atoms with Crippen LogP contribution in [0.25, 0.3) is 16.7 Å². The van der Waals surface area contributed by atoms with E-state index in [4.69, 9.17) is 4.74 Å². The monoisotopic (exact) mass is 416 g/mol. The number of halogens is 3. The summed E-state index contributed by atoms with van der Waals surface area (Å²) in [5, 5.41) is 0. The van der Waals surface area contributed by atoms with Crippen LogP contribution in [0.5, 0.6) is 5.88 Å². The lowest BCUT2D eigenvalue weighted by atomic mass is 10.1. The second-order valence-corrected chi connectivity index (χ2v) is 6.89. The van der Waals surface area contributed by atoms with Gasteiger partial charge in [-0.15, -0.1) is 0 Å². The zero-order valence-electron chi connectivity index (χ0n) is 16.6. The van der Waals surface area contributed by atoms with E-state index < -0.39 is 17.3 Å². The maximum Gasteiger partial charge on any atom is 0.416 e. The molecule has 0 unspecified atom stereocenters. The number of nitrogens with zero attached hydrogens (tertiary/aromatic N) is 4. The lowest BCUT2D eigenvalue weighted by Crippen LogP contribution is -2.25. The number of fused-ring (bicyclic) bond motifs is 3. The van der Waals surface area contributed by atoms with Crippen LogP contribution in [-0.4, -0.2) is 26.0 Å². The molecular formula is C21H19F3N4O2. The summed E-state index contributed by atoms with van der Waals surface area (Å²) < 4.78 is 48.7. The van der Waals surface area contributed by atoms with E-state index in [1.807, 2.05) is 6.92 Å². The maximum atomic E-state index is 13.5. The van der Waals surface area contributed by atoms with Crippen LogP contribution in [0.2, 0.25) is 0 Å². The van der Waals surface area contributed by atoms with Gasteiger partial charge in [0.1, 0.15) is 11.3 Å². The Morgan fingerprint density at radius 2 is 1.83 bits per heavy atom. The first-order valence-electron chi connectivity index (χ1n) is 9.36. The van der Waals surface area contributed by atoms with Crippen molar-refractivity contribution in [3.63, 3.8) is 0 Å². The molecule has 0 saturated carbocycles. The van der Waals surface area contributed by atoms with Crippen LogP contribution in [0, 0.1) is 6.92 Å². The molecule has 1 aromatic carbocycles. The van der Waals surface area contributed by atoms with Crippen LogP contribution < -0.4 is 10.3 Å². The molecule has 4 aromatic rings. The molecule has 0 amide bonds. The fraction of sp³-hybridized carbons (Fsp3) is 0.286. The number of methoxy groups -OCH3 is 1. The summed E-state index contributed by atoms with van der Waals surface area (Å²) in [7, 11) is 1.47. The van der Waals surface area contributed by atoms with Crippen molar-refractivity contribution in [3.8, 4) is 5.88 Å². The SMILES string of the molecule is CCc1nc(C)c2c(=O)n(Cc3ccccc3C(F)(F)F)c3ccc(OC)nc3n12. The summed E-state index contributed by atoms with van der Waals surface area (Å²) in [4.78, 5) is 22.3. The van der Waals surface area contributed by atoms with E-state index in [0.29, 0.717) is 40.5 Å². The highest BCUT2D eigenvalue weighted by Crippen LogP contribution is 2.32.